The summed E-state index contributed by atoms with van der Waals surface area (Å²) in [6, 6.07) is 32.0. The van der Waals surface area contributed by atoms with Crippen molar-refractivity contribution in [2.75, 3.05) is 22.6 Å². The lowest BCUT2D eigenvalue weighted by atomic mass is 9.98. The van der Waals surface area contributed by atoms with E-state index in [2.05, 4.69) is 65.4 Å². The molecule has 286 valence electrons. The van der Waals surface area contributed by atoms with Crippen molar-refractivity contribution in [1.29, 1.82) is 0 Å². The predicted molar refractivity (Wildman–Crippen MR) is 213 cm³/mol. The molecule has 3 N–H and O–H groups in total. The van der Waals surface area contributed by atoms with Gasteiger partial charge < -0.3 is 10.1 Å². The molecule has 0 saturated carbocycles. The lowest BCUT2D eigenvalue weighted by molar-refractivity contribution is -0.138. The number of halogens is 3. The van der Waals surface area contributed by atoms with Crippen molar-refractivity contribution in [3.63, 3.8) is 0 Å². The molecular weight excluding hydrogens is 774 g/mol. The SMILES string of the molecule is CC(C)c1ccc2c(Nc3cc(C(=O)Nc4nnc(C(F)(F)F)s4)ccc3Sc3ccc(NC(=O)OCC4c5ccccc5-c5ccccc54)cc3)ncnc2n1. The molecule has 0 bridgehead atoms. The molecule has 8 rings (SSSR count). The first-order valence-corrected chi connectivity index (χ1v) is 19.3. The van der Waals surface area contributed by atoms with Crippen LogP contribution in [0.4, 0.5) is 40.3 Å². The summed E-state index contributed by atoms with van der Waals surface area (Å²) >= 11 is 1.61. The fourth-order valence-corrected chi connectivity index (χ4v) is 7.89. The second-order valence-corrected chi connectivity index (χ2v) is 15.4. The molecule has 16 heteroatoms. The number of fused-ring (bicyclic) bond motifs is 4. The molecule has 0 aliphatic heterocycles. The van der Waals surface area contributed by atoms with Crippen molar-refractivity contribution in [3.8, 4) is 11.1 Å². The molecule has 0 radical (unpaired) electrons. The van der Waals surface area contributed by atoms with Crippen LogP contribution in [0.1, 0.15) is 57.9 Å². The Morgan fingerprint density at radius 3 is 2.26 bits per heavy atom. The van der Waals surface area contributed by atoms with Crippen molar-refractivity contribution in [2.45, 2.75) is 41.7 Å². The van der Waals surface area contributed by atoms with E-state index in [1.807, 2.05) is 62.4 Å². The van der Waals surface area contributed by atoms with Gasteiger partial charge in [0.2, 0.25) is 10.1 Å². The number of aromatic nitrogens is 5. The smallest absolute Gasteiger partial charge is 0.445 e. The summed E-state index contributed by atoms with van der Waals surface area (Å²) < 4.78 is 45.0. The third-order valence-electron chi connectivity index (χ3n) is 9.17. The second kappa shape index (κ2) is 15.6. The molecule has 3 heterocycles. The molecule has 1 aliphatic carbocycles. The summed E-state index contributed by atoms with van der Waals surface area (Å²) in [6.07, 6.45) is -3.87. The van der Waals surface area contributed by atoms with Gasteiger partial charge in [-0.3, -0.25) is 15.4 Å². The zero-order valence-corrected chi connectivity index (χ0v) is 31.8. The average Bonchev–Trinajstić information content (AvgIpc) is 3.81. The van der Waals surface area contributed by atoms with Crippen LogP contribution in [0.3, 0.4) is 0 Å². The molecule has 0 spiro atoms. The molecule has 0 atom stereocenters. The molecule has 2 amide bonds. The van der Waals surface area contributed by atoms with E-state index in [-0.39, 0.29) is 40.5 Å². The summed E-state index contributed by atoms with van der Waals surface area (Å²) in [6.45, 7) is 4.25. The fraction of sp³-hybridized carbons (Fsp3) is 0.146. The Bertz CT molecular complexity index is 2590. The minimum absolute atomic E-state index is 0.0667. The number of carbonyl (C=O) groups is 2. The van der Waals surface area contributed by atoms with Gasteiger partial charge in [0.15, 0.2) is 5.65 Å². The number of alkyl halides is 3. The Labute approximate surface area is 332 Å². The van der Waals surface area contributed by atoms with Crippen LogP contribution in [-0.4, -0.2) is 43.8 Å². The highest BCUT2D eigenvalue weighted by molar-refractivity contribution is 7.99. The number of pyridine rings is 1. The van der Waals surface area contributed by atoms with Gasteiger partial charge in [-0.2, -0.15) is 13.2 Å². The Morgan fingerprint density at radius 2 is 1.58 bits per heavy atom. The van der Waals surface area contributed by atoms with Crippen LogP contribution in [0.2, 0.25) is 0 Å². The van der Waals surface area contributed by atoms with Gasteiger partial charge in [0, 0.05) is 32.7 Å². The van der Waals surface area contributed by atoms with Crippen LogP contribution in [0.25, 0.3) is 22.2 Å². The number of amides is 2. The van der Waals surface area contributed by atoms with Crippen molar-refractivity contribution in [3.05, 3.63) is 137 Å². The van der Waals surface area contributed by atoms with Crippen LogP contribution in [-0.2, 0) is 10.9 Å². The lowest BCUT2D eigenvalue weighted by Crippen LogP contribution is -2.17. The first kappa shape index (κ1) is 37.5. The minimum Gasteiger partial charge on any atom is -0.448 e. The van der Waals surface area contributed by atoms with E-state index in [1.165, 1.54) is 18.1 Å². The number of nitrogens with zero attached hydrogens (tertiary/aromatic N) is 5. The summed E-state index contributed by atoms with van der Waals surface area (Å²) in [7, 11) is 0. The fourth-order valence-electron chi connectivity index (χ4n) is 6.41. The van der Waals surface area contributed by atoms with Gasteiger partial charge in [-0.05, 0) is 82.8 Å². The van der Waals surface area contributed by atoms with Gasteiger partial charge in [-0.15, -0.1) is 10.2 Å². The molecular formula is C41H31F3N8O3S2. The maximum absolute atomic E-state index is 13.2. The maximum atomic E-state index is 13.2. The molecule has 1 aliphatic rings. The number of hydrogen-bond donors (Lipinski definition) is 3. The number of nitrogens with one attached hydrogen (secondary N) is 3. The van der Waals surface area contributed by atoms with E-state index in [0.717, 1.165) is 32.8 Å². The highest BCUT2D eigenvalue weighted by Crippen LogP contribution is 2.45. The second-order valence-electron chi connectivity index (χ2n) is 13.3. The average molecular weight is 805 g/mol. The molecule has 4 aromatic carbocycles. The Balaban J connectivity index is 0.996. The monoisotopic (exact) mass is 804 g/mol. The van der Waals surface area contributed by atoms with E-state index in [1.54, 1.807) is 30.3 Å². The molecule has 11 nitrogen and oxygen atoms in total. The highest BCUT2D eigenvalue weighted by atomic mass is 32.2. The van der Waals surface area contributed by atoms with Crippen LogP contribution in [0, 0.1) is 0 Å². The maximum Gasteiger partial charge on any atom is 0.445 e. The molecule has 57 heavy (non-hydrogen) atoms. The predicted octanol–water partition coefficient (Wildman–Crippen LogP) is 10.5. The standard InChI is InChI=1S/C41H31F3N8O3S2/c1-22(2)32-17-16-30-35(48-32)45-21-46-36(30)49-33-19-23(37(53)50-39-52-51-38(57-39)41(42,43)44)11-18-34(33)56-25-14-12-24(13-15-25)47-40(54)55-20-31-28-9-5-3-7-26(28)27-8-4-6-10-29(27)31/h3-19,21-22,31H,20H2,1-2H3,(H,47,54)(H,50,52,53)(H,45,46,48,49). The summed E-state index contributed by atoms with van der Waals surface area (Å²) in [5.41, 5.74) is 7.04. The van der Waals surface area contributed by atoms with Gasteiger partial charge in [0.1, 0.15) is 18.8 Å². The highest BCUT2D eigenvalue weighted by Gasteiger charge is 2.36. The van der Waals surface area contributed by atoms with Crippen LogP contribution in [0.5, 0.6) is 0 Å². The summed E-state index contributed by atoms with van der Waals surface area (Å²) in [5, 5.41) is 14.3. The van der Waals surface area contributed by atoms with E-state index in [0.29, 0.717) is 33.1 Å². The first-order valence-electron chi connectivity index (χ1n) is 17.6. The zero-order chi connectivity index (χ0) is 39.7. The van der Waals surface area contributed by atoms with Gasteiger partial charge in [-0.25, -0.2) is 19.7 Å². The van der Waals surface area contributed by atoms with Gasteiger partial charge in [-0.1, -0.05) is 85.5 Å². The molecule has 0 fully saturated rings. The topological polar surface area (TPSA) is 144 Å². The largest absolute Gasteiger partial charge is 0.448 e. The number of anilines is 4. The zero-order valence-electron chi connectivity index (χ0n) is 30.2. The minimum atomic E-state index is -4.69. The molecule has 0 unspecified atom stereocenters. The molecule has 0 saturated heterocycles. The van der Waals surface area contributed by atoms with Crippen LogP contribution < -0.4 is 16.0 Å². The van der Waals surface area contributed by atoms with Gasteiger partial charge in [0.05, 0.1) is 11.1 Å². The van der Waals surface area contributed by atoms with Gasteiger partial charge >= 0.3 is 12.3 Å². The number of carbonyl (C=O) groups excluding carboxylic acids is 2. The molecule has 3 aromatic heterocycles. The third-order valence-corrected chi connectivity index (χ3v) is 11.1. The summed E-state index contributed by atoms with van der Waals surface area (Å²) in [5.74, 6) is -0.134. The van der Waals surface area contributed by atoms with Crippen molar-refractivity contribution in [1.82, 2.24) is 25.1 Å². The van der Waals surface area contributed by atoms with E-state index in [9.17, 15) is 22.8 Å². The van der Waals surface area contributed by atoms with Crippen molar-refractivity contribution < 1.29 is 27.5 Å². The number of benzene rings is 4. The quantitative estimate of drug-likeness (QED) is 0.122. The number of hydrogen-bond acceptors (Lipinski definition) is 11. The Morgan fingerprint density at radius 1 is 0.860 bits per heavy atom. The normalized spacial score (nSPS) is 12.3. The van der Waals surface area contributed by atoms with E-state index in [4.69, 9.17) is 4.74 Å². The van der Waals surface area contributed by atoms with Crippen molar-refractivity contribution >= 4 is 68.5 Å². The van der Waals surface area contributed by atoms with Gasteiger partial charge in [0.25, 0.3) is 5.91 Å². The lowest BCUT2D eigenvalue weighted by Gasteiger charge is -2.15. The number of ether oxygens (including phenoxy) is 1. The van der Waals surface area contributed by atoms with Crippen molar-refractivity contribution in [2.24, 2.45) is 0 Å². The van der Waals surface area contributed by atoms with E-state index >= 15 is 0 Å². The molecule has 7 aromatic rings. The Kier molecular flexibility index (Phi) is 10.3. The Hall–Kier alpha value is -6.39. The van der Waals surface area contributed by atoms with E-state index < -0.39 is 23.2 Å². The third kappa shape index (κ3) is 8.13. The summed E-state index contributed by atoms with van der Waals surface area (Å²) in [4.78, 5) is 41.1. The number of rotatable bonds is 10. The first-order chi connectivity index (χ1) is 27.5. The van der Waals surface area contributed by atoms with Crippen LogP contribution >= 0.6 is 23.1 Å². The van der Waals surface area contributed by atoms with Crippen LogP contribution in [0.15, 0.2) is 119 Å².